The Labute approximate surface area is 91.2 Å². The summed E-state index contributed by atoms with van der Waals surface area (Å²) in [6.45, 7) is 2.24. The molecule has 0 fully saturated rings. The smallest absolute Gasteiger partial charge is 0.184 e. The van der Waals surface area contributed by atoms with Gasteiger partial charge in [0.15, 0.2) is 5.13 Å². The second kappa shape index (κ2) is 5.15. The number of aromatic nitrogens is 1. The van der Waals surface area contributed by atoms with Gasteiger partial charge in [0.25, 0.3) is 0 Å². The van der Waals surface area contributed by atoms with Crippen molar-refractivity contribution in [2.75, 3.05) is 11.9 Å². The number of nitrogens with zero attached hydrogens (tertiary/aromatic N) is 2. The molecule has 0 aliphatic heterocycles. The fraction of sp³-hybridized carbons (Fsp3) is 0.500. The minimum absolute atomic E-state index is 0.0738. The molecule has 1 aromatic rings. The van der Waals surface area contributed by atoms with E-state index in [1.54, 1.807) is 0 Å². The van der Waals surface area contributed by atoms with Gasteiger partial charge in [-0.3, -0.25) is 0 Å². The third-order valence-electron chi connectivity index (χ3n) is 1.57. The maximum atomic E-state index is 8.86. The van der Waals surface area contributed by atoms with Gasteiger partial charge in [0.1, 0.15) is 5.15 Å². The molecule has 0 aliphatic carbocycles. The molecular formula is C8H10ClN3OS. The van der Waals surface area contributed by atoms with E-state index in [0.29, 0.717) is 21.7 Å². The maximum absolute atomic E-state index is 8.86. The molecule has 1 atom stereocenters. The van der Waals surface area contributed by atoms with Gasteiger partial charge in [-0.05, 0) is 6.92 Å². The summed E-state index contributed by atoms with van der Waals surface area (Å²) >= 11 is 7.03. The van der Waals surface area contributed by atoms with Crippen LogP contribution in [0.4, 0.5) is 5.13 Å². The van der Waals surface area contributed by atoms with Crippen molar-refractivity contribution in [2.24, 2.45) is 5.92 Å². The number of nitrogens with one attached hydrogen (secondary N) is 1. The van der Waals surface area contributed by atoms with Crippen LogP contribution in [0.3, 0.4) is 0 Å². The van der Waals surface area contributed by atoms with Gasteiger partial charge in [0.05, 0.1) is 23.5 Å². The molecule has 1 heterocycles. The monoisotopic (exact) mass is 231 g/mol. The van der Waals surface area contributed by atoms with Crippen LogP contribution in [0, 0.1) is 17.2 Å². The topological polar surface area (TPSA) is 68.9 Å². The third kappa shape index (κ3) is 2.84. The maximum Gasteiger partial charge on any atom is 0.184 e. The van der Waals surface area contributed by atoms with E-state index in [2.05, 4.69) is 16.4 Å². The quantitative estimate of drug-likeness (QED) is 0.830. The Kier molecular flexibility index (Phi) is 4.14. The van der Waals surface area contributed by atoms with Crippen molar-refractivity contribution in [2.45, 2.75) is 13.5 Å². The van der Waals surface area contributed by atoms with Crippen molar-refractivity contribution in [3.8, 4) is 6.07 Å². The molecule has 76 valence electrons. The van der Waals surface area contributed by atoms with E-state index in [-0.39, 0.29) is 12.5 Å². The van der Waals surface area contributed by atoms with Crippen LogP contribution in [0.5, 0.6) is 0 Å². The molecule has 0 radical (unpaired) electrons. The largest absolute Gasteiger partial charge is 0.391 e. The predicted molar refractivity (Wildman–Crippen MR) is 56.3 cm³/mol. The Bertz CT molecular complexity index is 347. The molecule has 4 nitrogen and oxygen atoms in total. The van der Waals surface area contributed by atoms with E-state index >= 15 is 0 Å². The van der Waals surface area contributed by atoms with E-state index in [1.807, 2.05) is 6.92 Å². The SMILES string of the molecule is CC(C#N)CNc1nc(Cl)c(CO)s1. The predicted octanol–water partition coefficient (Wildman–Crippen LogP) is 1.86. The number of aliphatic hydroxyl groups is 1. The van der Waals surface area contributed by atoms with Crippen LogP contribution in [0.25, 0.3) is 0 Å². The zero-order chi connectivity index (χ0) is 10.6. The van der Waals surface area contributed by atoms with Gasteiger partial charge in [-0.25, -0.2) is 4.98 Å². The first kappa shape index (κ1) is 11.2. The molecule has 14 heavy (non-hydrogen) atoms. The zero-order valence-electron chi connectivity index (χ0n) is 7.62. The Morgan fingerprint density at radius 1 is 1.79 bits per heavy atom. The number of halogens is 1. The molecule has 0 aromatic carbocycles. The molecule has 0 amide bonds. The van der Waals surface area contributed by atoms with E-state index in [0.717, 1.165) is 0 Å². The van der Waals surface area contributed by atoms with Crippen LogP contribution >= 0.6 is 22.9 Å². The minimum atomic E-state index is -0.105. The normalized spacial score (nSPS) is 12.1. The molecular weight excluding hydrogens is 222 g/mol. The number of nitriles is 1. The number of hydrogen-bond donors (Lipinski definition) is 2. The number of thiazole rings is 1. The summed E-state index contributed by atoms with van der Waals surface area (Å²) in [4.78, 5) is 4.63. The van der Waals surface area contributed by atoms with Crippen LogP contribution in [-0.4, -0.2) is 16.6 Å². The summed E-state index contributed by atoms with van der Waals surface area (Å²) < 4.78 is 0. The van der Waals surface area contributed by atoms with Crippen LogP contribution in [0.15, 0.2) is 0 Å². The summed E-state index contributed by atoms with van der Waals surface area (Å²) in [5.41, 5.74) is 0. The average Bonchev–Trinajstić information content (AvgIpc) is 2.55. The van der Waals surface area contributed by atoms with Gasteiger partial charge in [-0.15, -0.1) is 0 Å². The van der Waals surface area contributed by atoms with Crippen molar-refractivity contribution in [3.63, 3.8) is 0 Å². The average molecular weight is 232 g/mol. The number of rotatable bonds is 4. The molecule has 1 aromatic heterocycles. The van der Waals surface area contributed by atoms with Crippen molar-refractivity contribution >= 4 is 28.1 Å². The van der Waals surface area contributed by atoms with E-state index in [9.17, 15) is 0 Å². The highest BCUT2D eigenvalue weighted by Crippen LogP contribution is 2.26. The first-order chi connectivity index (χ1) is 6.67. The minimum Gasteiger partial charge on any atom is -0.391 e. The van der Waals surface area contributed by atoms with Crippen LogP contribution < -0.4 is 5.32 Å². The fourth-order valence-corrected chi connectivity index (χ4v) is 1.82. The fourth-order valence-electron chi connectivity index (χ4n) is 0.792. The third-order valence-corrected chi connectivity index (χ3v) is 3.00. The van der Waals surface area contributed by atoms with E-state index in [4.69, 9.17) is 22.0 Å². The van der Waals surface area contributed by atoms with Crippen molar-refractivity contribution in [1.29, 1.82) is 5.26 Å². The van der Waals surface area contributed by atoms with Crippen molar-refractivity contribution in [3.05, 3.63) is 10.0 Å². The lowest BCUT2D eigenvalue weighted by molar-refractivity contribution is 0.285. The van der Waals surface area contributed by atoms with Gasteiger partial charge in [-0.2, -0.15) is 5.26 Å². The summed E-state index contributed by atoms with van der Waals surface area (Å²) in [5, 5.41) is 21.4. The lowest BCUT2D eigenvalue weighted by atomic mass is 10.2. The summed E-state index contributed by atoms with van der Waals surface area (Å²) in [5.74, 6) is -0.0738. The van der Waals surface area contributed by atoms with Gasteiger partial charge >= 0.3 is 0 Å². The standard InChI is InChI=1S/C8H10ClN3OS/c1-5(2-10)3-11-8-12-7(9)6(4-13)14-8/h5,13H,3-4H2,1H3,(H,11,12). The molecule has 1 rings (SSSR count). The molecule has 0 saturated carbocycles. The highest BCUT2D eigenvalue weighted by Gasteiger charge is 2.08. The number of aliphatic hydroxyl groups excluding tert-OH is 1. The van der Waals surface area contributed by atoms with E-state index in [1.165, 1.54) is 11.3 Å². The number of anilines is 1. The molecule has 0 aliphatic rings. The molecule has 0 bridgehead atoms. The highest BCUT2D eigenvalue weighted by atomic mass is 35.5. The summed E-state index contributed by atoms with van der Waals surface area (Å²) in [6.07, 6.45) is 0. The first-order valence-electron chi connectivity index (χ1n) is 4.07. The Balaban J connectivity index is 2.56. The van der Waals surface area contributed by atoms with Gasteiger partial charge < -0.3 is 10.4 Å². The second-order valence-electron chi connectivity index (χ2n) is 2.80. The van der Waals surface area contributed by atoms with Crippen molar-refractivity contribution < 1.29 is 5.11 Å². The lowest BCUT2D eigenvalue weighted by Crippen LogP contribution is -2.08. The molecule has 6 heteroatoms. The molecule has 0 saturated heterocycles. The summed E-state index contributed by atoms with van der Waals surface area (Å²) in [7, 11) is 0. The Morgan fingerprint density at radius 3 is 3.00 bits per heavy atom. The number of hydrogen-bond acceptors (Lipinski definition) is 5. The molecule has 0 spiro atoms. The van der Waals surface area contributed by atoms with Gasteiger partial charge in [0, 0.05) is 6.54 Å². The van der Waals surface area contributed by atoms with Crippen LogP contribution in [0.1, 0.15) is 11.8 Å². The first-order valence-corrected chi connectivity index (χ1v) is 5.26. The Morgan fingerprint density at radius 2 is 2.50 bits per heavy atom. The lowest BCUT2D eigenvalue weighted by Gasteiger charge is -2.02. The van der Waals surface area contributed by atoms with E-state index < -0.39 is 0 Å². The zero-order valence-corrected chi connectivity index (χ0v) is 9.19. The molecule has 2 N–H and O–H groups in total. The highest BCUT2D eigenvalue weighted by molar-refractivity contribution is 7.16. The van der Waals surface area contributed by atoms with Gasteiger partial charge in [0.2, 0.25) is 0 Å². The molecule has 1 unspecified atom stereocenters. The van der Waals surface area contributed by atoms with Crippen LogP contribution in [0.2, 0.25) is 5.15 Å². The second-order valence-corrected chi connectivity index (χ2v) is 4.24. The van der Waals surface area contributed by atoms with Crippen molar-refractivity contribution in [1.82, 2.24) is 4.98 Å². The van der Waals surface area contributed by atoms with Crippen LogP contribution in [-0.2, 0) is 6.61 Å². The van der Waals surface area contributed by atoms with Gasteiger partial charge in [-0.1, -0.05) is 22.9 Å². The Hall–Kier alpha value is -0.830. The summed E-state index contributed by atoms with van der Waals surface area (Å²) in [6, 6.07) is 2.10.